The van der Waals surface area contributed by atoms with Crippen LogP contribution in [-0.4, -0.2) is 30.2 Å². The Morgan fingerprint density at radius 1 is 1.69 bits per heavy atom. The van der Waals surface area contributed by atoms with Crippen LogP contribution in [0, 0.1) is 5.41 Å². The molecule has 4 heteroatoms. The summed E-state index contributed by atoms with van der Waals surface area (Å²) in [6.45, 7) is 2.57. The minimum absolute atomic E-state index is 0.00645. The van der Waals surface area contributed by atoms with Gasteiger partial charge in [-0.3, -0.25) is 4.79 Å². The highest BCUT2D eigenvalue weighted by atomic mass is 16.3. The maximum absolute atomic E-state index is 11.2. The van der Waals surface area contributed by atoms with E-state index in [2.05, 4.69) is 5.32 Å². The number of rotatable bonds is 5. The van der Waals surface area contributed by atoms with Gasteiger partial charge in [0.15, 0.2) is 0 Å². The number of aliphatic hydroxyl groups is 1. The Morgan fingerprint density at radius 2 is 2.31 bits per heavy atom. The van der Waals surface area contributed by atoms with Crippen LogP contribution in [-0.2, 0) is 4.79 Å². The fourth-order valence-corrected chi connectivity index (χ4v) is 1.22. The van der Waals surface area contributed by atoms with E-state index in [0.29, 0.717) is 13.0 Å². The lowest BCUT2D eigenvalue weighted by Gasteiger charge is -2.13. The first-order chi connectivity index (χ1) is 6.08. The fraction of sp³-hybridized carbons (Fsp3) is 0.889. The lowest BCUT2D eigenvalue weighted by Crippen LogP contribution is -2.35. The van der Waals surface area contributed by atoms with Crippen LogP contribution in [0.15, 0.2) is 0 Å². The van der Waals surface area contributed by atoms with E-state index in [0.717, 1.165) is 12.8 Å². The molecule has 4 N–H and O–H groups in total. The predicted molar refractivity (Wildman–Crippen MR) is 50.0 cm³/mol. The first kappa shape index (κ1) is 10.5. The molecule has 0 spiro atoms. The first-order valence-corrected chi connectivity index (χ1v) is 4.71. The van der Waals surface area contributed by atoms with Crippen molar-refractivity contribution in [2.45, 2.75) is 32.2 Å². The Bertz CT molecular complexity index is 188. The van der Waals surface area contributed by atoms with E-state index in [1.807, 2.05) is 0 Å². The van der Waals surface area contributed by atoms with Crippen LogP contribution in [0.5, 0.6) is 0 Å². The predicted octanol–water partition coefficient (Wildman–Crippen LogP) is -0.388. The fourth-order valence-electron chi connectivity index (χ4n) is 1.22. The second-order valence-corrected chi connectivity index (χ2v) is 4.12. The number of aliphatic hydroxyl groups excluding tert-OH is 1. The minimum Gasteiger partial charge on any atom is -0.396 e. The molecule has 1 atom stereocenters. The highest BCUT2D eigenvalue weighted by Crippen LogP contribution is 2.44. The molecular formula is C9H18N2O2. The third-order valence-corrected chi connectivity index (χ3v) is 2.46. The summed E-state index contributed by atoms with van der Waals surface area (Å²) >= 11 is 0. The van der Waals surface area contributed by atoms with Crippen molar-refractivity contribution in [3.8, 4) is 0 Å². The number of carbonyl (C=O) groups is 1. The van der Waals surface area contributed by atoms with Crippen molar-refractivity contribution in [3.05, 3.63) is 0 Å². The lowest BCUT2D eigenvalue weighted by molar-refractivity contribution is -0.121. The summed E-state index contributed by atoms with van der Waals surface area (Å²) in [5, 5.41) is 11.8. The van der Waals surface area contributed by atoms with Crippen molar-refractivity contribution in [2.75, 3.05) is 13.2 Å². The molecule has 1 saturated carbocycles. The summed E-state index contributed by atoms with van der Waals surface area (Å²) in [4.78, 5) is 11.2. The maximum Gasteiger partial charge on any atom is 0.221 e. The zero-order valence-electron chi connectivity index (χ0n) is 8.05. The van der Waals surface area contributed by atoms with Crippen molar-refractivity contribution >= 4 is 5.91 Å². The van der Waals surface area contributed by atoms with Gasteiger partial charge in [-0.25, -0.2) is 0 Å². The van der Waals surface area contributed by atoms with Crippen LogP contribution >= 0.6 is 0 Å². The molecule has 0 heterocycles. The van der Waals surface area contributed by atoms with Gasteiger partial charge in [-0.05, 0) is 19.8 Å². The van der Waals surface area contributed by atoms with Gasteiger partial charge in [-0.1, -0.05) is 0 Å². The first-order valence-electron chi connectivity index (χ1n) is 4.71. The molecule has 0 aromatic rings. The highest BCUT2D eigenvalue weighted by molar-refractivity contribution is 5.76. The van der Waals surface area contributed by atoms with Crippen LogP contribution in [0.25, 0.3) is 0 Å². The molecule has 0 radical (unpaired) electrons. The second-order valence-electron chi connectivity index (χ2n) is 4.12. The Hall–Kier alpha value is -0.610. The van der Waals surface area contributed by atoms with E-state index >= 15 is 0 Å². The summed E-state index contributed by atoms with van der Waals surface area (Å²) < 4.78 is 0. The number of hydrogen-bond donors (Lipinski definition) is 3. The zero-order valence-corrected chi connectivity index (χ0v) is 8.05. The van der Waals surface area contributed by atoms with E-state index in [-0.39, 0.29) is 24.0 Å². The average Bonchev–Trinajstić information content (AvgIpc) is 2.80. The number of nitrogens with two attached hydrogens (primary N) is 1. The van der Waals surface area contributed by atoms with Crippen molar-refractivity contribution in [2.24, 2.45) is 11.1 Å². The van der Waals surface area contributed by atoms with Gasteiger partial charge in [0.1, 0.15) is 0 Å². The quantitative estimate of drug-likeness (QED) is 0.547. The molecule has 4 nitrogen and oxygen atoms in total. The average molecular weight is 186 g/mol. The van der Waals surface area contributed by atoms with Crippen molar-refractivity contribution in [1.29, 1.82) is 0 Å². The molecule has 1 amide bonds. The third-order valence-electron chi connectivity index (χ3n) is 2.46. The highest BCUT2D eigenvalue weighted by Gasteiger charge is 2.41. The van der Waals surface area contributed by atoms with E-state index in [9.17, 15) is 4.79 Å². The van der Waals surface area contributed by atoms with E-state index < -0.39 is 0 Å². The smallest absolute Gasteiger partial charge is 0.221 e. The Labute approximate surface area is 78.5 Å². The number of nitrogens with one attached hydrogen (secondary N) is 1. The summed E-state index contributed by atoms with van der Waals surface area (Å²) in [5.74, 6) is -0.0188. The summed E-state index contributed by atoms with van der Waals surface area (Å²) in [5.41, 5.74) is 5.46. The van der Waals surface area contributed by atoms with Gasteiger partial charge >= 0.3 is 0 Å². The number of hydrogen-bond acceptors (Lipinski definition) is 3. The summed E-state index contributed by atoms with van der Waals surface area (Å²) in [6, 6.07) is -0.0933. The van der Waals surface area contributed by atoms with E-state index in [1.165, 1.54) is 0 Å². The normalized spacial score (nSPS) is 20.8. The number of amides is 1. The van der Waals surface area contributed by atoms with Crippen molar-refractivity contribution < 1.29 is 9.90 Å². The molecular weight excluding hydrogens is 168 g/mol. The Morgan fingerprint density at radius 3 is 2.69 bits per heavy atom. The molecule has 1 fully saturated rings. The monoisotopic (exact) mass is 186 g/mol. The van der Waals surface area contributed by atoms with Crippen LogP contribution in [0.2, 0.25) is 0 Å². The van der Waals surface area contributed by atoms with Crippen LogP contribution in [0.1, 0.15) is 26.2 Å². The molecule has 0 aromatic heterocycles. The van der Waals surface area contributed by atoms with Gasteiger partial charge in [0.05, 0.1) is 6.61 Å². The van der Waals surface area contributed by atoms with E-state index in [1.54, 1.807) is 6.92 Å². The molecule has 0 aliphatic heterocycles. The van der Waals surface area contributed by atoms with Gasteiger partial charge in [-0.15, -0.1) is 0 Å². The van der Waals surface area contributed by atoms with Crippen LogP contribution in [0.3, 0.4) is 0 Å². The van der Waals surface area contributed by atoms with Gasteiger partial charge in [0.2, 0.25) is 5.91 Å². The molecule has 1 unspecified atom stereocenters. The molecule has 0 bridgehead atoms. The summed E-state index contributed by atoms with van der Waals surface area (Å²) in [7, 11) is 0. The van der Waals surface area contributed by atoms with Crippen molar-refractivity contribution in [1.82, 2.24) is 5.32 Å². The molecule has 13 heavy (non-hydrogen) atoms. The number of carbonyl (C=O) groups excluding carboxylic acids is 1. The van der Waals surface area contributed by atoms with Gasteiger partial charge in [-0.2, -0.15) is 0 Å². The summed E-state index contributed by atoms with van der Waals surface area (Å²) in [6.07, 6.45) is 2.39. The maximum atomic E-state index is 11.2. The third kappa shape index (κ3) is 3.32. The molecule has 1 rings (SSSR count). The van der Waals surface area contributed by atoms with Gasteiger partial charge in [0, 0.05) is 24.4 Å². The standard InChI is InChI=1S/C9H18N2O2/c1-7(10)4-8(13)11-5-9(6-12)2-3-9/h7,12H,2-6,10H2,1H3,(H,11,13). The topological polar surface area (TPSA) is 75.4 Å². The van der Waals surface area contributed by atoms with Crippen LogP contribution in [0.4, 0.5) is 0 Å². The zero-order chi connectivity index (χ0) is 9.90. The molecule has 0 saturated heterocycles. The molecule has 1 aliphatic rings. The second kappa shape index (κ2) is 4.07. The lowest BCUT2D eigenvalue weighted by atomic mass is 10.1. The largest absolute Gasteiger partial charge is 0.396 e. The minimum atomic E-state index is -0.0933. The van der Waals surface area contributed by atoms with Gasteiger partial charge < -0.3 is 16.2 Å². The van der Waals surface area contributed by atoms with Crippen LogP contribution < -0.4 is 11.1 Å². The SMILES string of the molecule is CC(N)CC(=O)NCC1(CO)CC1. The Kier molecular flexibility index (Phi) is 3.27. The van der Waals surface area contributed by atoms with E-state index in [4.69, 9.17) is 10.8 Å². The van der Waals surface area contributed by atoms with Gasteiger partial charge in [0.25, 0.3) is 0 Å². The molecule has 76 valence electrons. The van der Waals surface area contributed by atoms with Crippen molar-refractivity contribution in [3.63, 3.8) is 0 Å². The molecule has 1 aliphatic carbocycles. The molecule has 0 aromatic carbocycles. The Balaban J connectivity index is 2.15.